The van der Waals surface area contributed by atoms with Gasteiger partial charge in [0.2, 0.25) is 0 Å². The first-order valence-electron chi connectivity index (χ1n) is 5.78. The van der Waals surface area contributed by atoms with Crippen molar-refractivity contribution in [3.8, 4) is 0 Å². The zero-order chi connectivity index (χ0) is 11.9. The summed E-state index contributed by atoms with van der Waals surface area (Å²) < 4.78 is 0. The van der Waals surface area contributed by atoms with Gasteiger partial charge in [0.25, 0.3) is 0 Å². The lowest BCUT2D eigenvalue weighted by Gasteiger charge is -2.07. The molecular formula is C15H16S2. The van der Waals surface area contributed by atoms with Crippen LogP contribution in [0.5, 0.6) is 0 Å². The molecule has 2 aromatic carbocycles. The second-order valence-corrected chi connectivity index (χ2v) is 5.98. The summed E-state index contributed by atoms with van der Waals surface area (Å²) in [4.78, 5) is 2.79. The Bertz CT molecular complexity index is 451. The molecule has 2 aromatic rings. The van der Waals surface area contributed by atoms with E-state index in [0.29, 0.717) is 0 Å². The molecular weight excluding hydrogens is 244 g/mol. The maximum Gasteiger partial charge on any atom is 0.0232 e. The molecule has 0 unspecified atom stereocenters. The molecule has 0 aromatic heterocycles. The van der Waals surface area contributed by atoms with Crippen molar-refractivity contribution in [2.24, 2.45) is 0 Å². The van der Waals surface area contributed by atoms with Crippen LogP contribution in [0, 0.1) is 0 Å². The average molecular weight is 260 g/mol. The van der Waals surface area contributed by atoms with Gasteiger partial charge in [-0.3, -0.25) is 0 Å². The maximum atomic E-state index is 2.21. The normalized spacial score (nSPS) is 10.4. The topological polar surface area (TPSA) is 0 Å². The molecule has 0 saturated carbocycles. The van der Waals surface area contributed by atoms with Gasteiger partial charge in [0.1, 0.15) is 0 Å². The molecule has 0 N–H and O–H groups in total. The Labute approximate surface area is 112 Å². The van der Waals surface area contributed by atoms with Crippen LogP contribution in [0.2, 0.25) is 0 Å². The van der Waals surface area contributed by atoms with E-state index >= 15 is 0 Å². The van der Waals surface area contributed by atoms with Gasteiger partial charge in [-0.15, -0.1) is 23.5 Å². The van der Waals surface area contributed by atoms with E-state index in [9.17, 15) is 0 Å². The Balaban J connectivity index is 2.03. The summed E-state index contributed by atoms with van der Waals surface area (Å²) in [6, 6.07) is 19.3. The molecule has 2 heteroatoms. The first-order valence-corrected chi connectivity index (χ1v) is 7.76. The van der Waals surface area contributed by atoms with Gasteiger partial charge in [-0.05, 0) is 23.4 Å². The summed E-state index contributed by atoms with van der Waals surface area (Å²) in [5.41, 5.74) is 1.38. The second kappa shape index (κ2) is 6.77. The van der Waals surface area contributed by atoms with Gasteiger partial charge in [0, 0.05) is 15.5 Å². The number of thioether (sulfide) groups is 2. The molecule has 0 saturated heterocycles. The largest absolute Gasteiger partial charge is 0.125 e. The van der Waals surface area contributed by atoms with Crippen molar-refractivity contribution in [1.82, 2.24) is 0 Å². The molecule has 0 aliphatic rings. The van der Waals surface area contributed by atoms with Crippen LogP contribution in [-0.2, 0) is 5.75 Å². The van der Waals surface area contributed by atoms with E-state index in [1.165, 1.54) is 15.4 Å². The SMILES string of the molecule is CCSc1ccccc1SCc1ccccc1. The summed E-state index contributed by atoms with van der Waals surface area (Å²) in [7, 11) is 0. The third-order valence-electron chi connectivity index (χ3n) is 2.39. The predicted molar refractivity (Wildman–Crippen MR) is 78.8 cm³/mol. The zero-order valence-corrected chi connectivity index (χ0v) is 11.6. The van der Waals surface area contributed by atoms with Gasteiger partial charge in [-0.2, -0.15) is 0 Å². The molecule has 0 radical (unpaired) electrons. The van der Waals surface area contributed by atoms with Crippen molar-refractivity contribution in [2.45, 2.75) is 22.5 Å². The molecule has 0 nitrogen and oxygen atoms in total. The lowest BCUT2D eigenvalue weighted by molar-refractivity contribution is 1.23. The lowest BCUT2D eigenvalue weighted by atomic mass is 10.2. The minimum Gasteiger partial charge on any atom is -0.125 e. The van der Waals surface area contributed by atoms with E-state index in [2.05, 4.69) is 61.5 Å². The fourth-order valence-electron chi connectivity index (χ4n) is 1.58. The van der Waals surface area contributed by atoms with Crippen LogP contribution in [0.4, 0.5) is 0 Å². The van der Waals surface area contributed by atoms with Crippen LogP contribution in [0.15, 0.2) is 64.4 Å². The van der Waals surface area contributed by atoms with E-state index in [0.717, 1.165) is 11.5 Å². The van der Waals surface area contributed by atoms with Crippen LogP contribution < -0.4 is 0 Å². The predicted octanol–water partition coefficient (Wildman–Crippen LogP) is 5.09. The van der Waals surface area contributed by atoms with Gasteiger partial charge >= 0.3 is 0 Å². The van der Waals surface area contributed by atoms with Gasteiger partial charge in [0.05, 0.1) is 0 Å². The molecule has 0 aliphatic carbocycles. The summed E-state index contributed by atoms with van der Waals surface area (Å²) in [5.74, 6) is 2.17. The Morgan fingerprint density at radius 2 is 1.35 bits per heavy atom. The average Bonchev–Trinajstić information content (AvgIpc) is 2.39. The molecule has 0 amide bonds. The monoisotopic (exact) mass is 260 g/mol. The van der Waals surface area contributed by atoms with Crippen molar-refractivity contribution in [2.75, 3.05) is 5.75 Å². The molecule has 0 heterocycles. The van der Waals surface area contributed by atoms with E-state index in [4.69, 9.17) is 0 Å². The van der Waals surface area contributed by atoms with E-state index in [-0.39, 0.29) is 0 Å². The summed E-state index contributed by atoms with van der Waals surface area (Å²) in [6.07, 6.45) is 0. The summed E-state index contributed by atoms with van der Waals surface area (Å²) in [5, 5.41) is 0. The van der Waals surface area contributed by atoms with Gasteiger partial charge in [-0.25, -0.2) is 0 Å². The fourth-order valence-corrected chi connectivity index (χ4v) is 3.53. The van der Waals surface area contributed by atoms with E-state index in [1.54, 1.807) is 0 Å². The Morgan fingerprint density at radius 1 is 0.765 bits per heavy atom. The summed E-state index contributed by atoms with van der Waals surface area (Å²) in [6.45, 7) is 2.20. The second-order valence-electron chi connectivity index (χ2n) is 3.65. The van der Waals surface area contributed by atoms with Crippen LogP contribution in [0.25, 0.3) is 0 Å². The molecule has 0 atom stereocenters. The van der Waals surface area contributed by atoms with Crippen LogP contribution in [0.3, 0.4) is 0 Å². The van der Waals surface area contributed by atoms with Crippen molar-refractivity contribution < 1.29 is 0 Å². The lowest BCUT2D eigenvalue weighted by Crippen LogP contribution is -1.82. The third kappa shape index (κ3) is 3.83. The smallest absolute Gasteiger partial charge is 0.0232 e. The number of hydrogen-bond acceptors (Lipinski definition) is 2. The molecule has 0 aliphatic heterocycles. The molecule has 88 valence electrons. The minimum atomic E-state index is 1.04. The highest BCUT2D eigenvalue weighted by Gasteiger charge is 2.02. The Morgan fingerprint density at radius 3 is 2.00 bits per heavy atom. The van der Waals surface area contributed by atoms with Crippen LogP contribution >= 0.6 is 23.5 Å². The Hall–Kier alpha value is -0.860. The van der Waals surface area contributed by atoms with E-state index < -0.39 is 0 Å². The van der Waals surface area contributed by atoms with Crippen molar-refractivity contribution in [3.63, 3.8) is 0 Å². The molecule has 0 spiro atoms. The van der Waals surface area contributed by atoms with Gasteiger partial charge < -0.3 is 0 Å². The summed E-state index contributed by atoms with van der Waals surface area (Å²) >= 11 is 3.84. The third-order valence-corrected chi connectivity index (χ3v) is 4.62. The van der Waals surface area contributed by atoms with Crippen LogP contribution in [0.1, 0.15) is 12.5 Å². The molecule has 0 fully saturated rings. The highest BCUT2D eigenvalue weighted by Crippen LogP contribution is 2.32. The van der Waals surface area contributed by atoms with Crippen molar-refractivity contribution in [3.05, 3.63) is 60.2 Å². The van der Waals surface area contributed by atoms with Gasteiger partial charge in [0.15, 0.2) is 0 Å². The van der Waals surface area contributed by atoms with Crippen molar-refractivity contribution in [1.29, 1.82) is 0 Å². The van der Waals surface area contributed by atoms with Crippen LogP contribution in [-0.4, -0.2) is 5.75 Å². The zero-order valence-electron chi connectivity index (χ0n) is 9.93. The Kier molecular flexibility index (Phi) is 5.02. The minimum absolute atomic E-state index is 1.04. The van der Waals surface area contributed by atoms with E-state index in [1.807, 2.05) is 23.5 Å². The van der Waals surface area contributed by atoms with Gasteiger partial charge in [-0.1, -0.05) is 49.4 Å². The fraction of sp³-hybridized carbons (Fsp3) is 0.200. The highest BCUT2D eigenvalue weighted by molar-refractivity contribution is 8.02. The molecule has 2 rings (SSSR count). The first-order chi connectivity index (χ1) is 8.40. The van der Waals surface area contributed by atoms with Crippen molar-refractivity contribution >= 4 is 23.5 Å². The standard InChI is InChI=1S/C15H16S2/c1-2-16-14-10-6-7-11-15(14)17-12-13-8-4-3-5-9-13/h3-11H,2,12H2,1H3. The highest BCUT2D eigenvalue weighted by atomic mass is 32.2. The number of rotatable bonds is 5. The molecule has 0 bridgehead atoms. The maximum absolute atomic E-state index is 2.21. The number of benzene rings is 2. The first kappa shape index (κ1) is 12.6. The number of hydrogen-bond donors (Lipinski definition) is 0. The quantitative estimate of drug-likeness (QED) is 0.687. The molecule has 17 heavy (non-hydrogen) atoms.